The van der Waals surface area contributed by atoms with Crippen molar-refractivity contribution in [2.45, 2.75) is 19.8 Å². The highest BCUT2D eigenvalue weighted by molar-refractivity contribution is 7.85. The molecule has 7 heteroatoms. The van der Waals surface area contributed by atoms with Crippen LogP contribution in [0.25, 0.3) is 0 Å². The van der Waals surface area contributed by atoms with E-state index in [1.807, 2.05) is 13.8 Å². The Morgan fingerprint density at radius 2 is 2.05 bits per heavy atom. The van der Waals surface area contributed by atoms with Crippen molar-refractivity contribution < 1.29 is 9.00 Å². The highest BCUT2D eigenvalue weighted by Crippen LogP contribution is 2.19. The molecule has 0 atom stereocenters. The molecule has 0 radical (unpaired) electrons. The summed E-state index contributed by atoms with van der Waals surface area (Å²) < 4.78 is 11.3. The fourth-order valence-corrected chi connectivity index (χ4v) is 3.12. The third-order valence-corrected chi connectivity index (χ3v) is 4.57. The number of hydrazine groups is 1. The van der Waals surface area contributed by atoms with E-state index in [9.17, 15) is 9.00 Å². The zero-order chi connectivity index (χ0) is 14.7. The van der Waals surface area contributed by atoms with Crippen LogP contribution in [0, 0.1) is 0 Å². The van der Waals surface area contributed by atoms with Crippen LogP contribution in [0.1, 0.15) is 35.8 Å². The molecule has 6 nitrogen and oxygen atoms in total. The molecule has 0 spiro atoms. The molecule has 0 saturated carbocycles. The van der Waals surface area contributed by atoms with Gasteiger partial charge in [-0.3, -0.25) is 9.00 Å². The molecule has 0 unspecified atom stereocenters. The number of pyridine rings is 1. The standard InChI is InChI=1S/C13H20N4O2S/c1-9(2)11-7-10(8-12(15-11)16-14)13(18)17-3-5-20(19)6-4-17/h7-9H,3-6,14H2,1-2H3,(H,15,16). The molecule has 20 heavy (non-hydrogen) atoms. The van der Waals surface area contributed by atoms with Gasteiger partial charge in [0.2, 0.25) is 0 Å². The van der Waals surface area contributed by atoms with E-state index >= 15 is 0 Å². The quantitative estimate of drug-likeness (QED) is 0.633. The Balaban J connectivity index is 2.24. The van der Waals surface area contributed by atoms with Gasteiger partial charge in [-0.2, -0.15) is 0 Å². The minimum atomic E-state index is -0.790. The highest BCUT2D eigenvalue weighted by atomic mass is 32.2. The second kappa shape index (κ2) is 6.32. The van der Waals surface area contributed by atoms with Crippen LogP contribution in [0.15, 0.2) is 12.1 Å². The first-order valence-corrected chi connectivity index (χ1v) is 8.13. The summed E-state index contributed by atoms with van der Waals surface area (Å²) in [5.41, 5.74) is 3.89. The molecule has 1 saturated heterocycles. The molecule has 1 aromatic heterocycles. The molecule has 1 aliphatic heterocycles. The molecule has 1 amide bonds. The monoisotopic (exact) mass is 296 g/mol. The first-order chi connectivity index (χ1) is 9.51. The van der Waals surface area contributed by atoms with Gasteiger partial charge in [-0.25, -0.2) is 10.8 Å². The summed E-state index contributed by atoms with van der Waals surface area (Å²) in [6.07, 6.45) is 0. The average molecular weight is 296 g/mol. The fraction of sp³-hybridized carbons (Fsp3) is 0.538. The number of nitrogens with one attached hydrogen (secondary N) is 1. The van der Waals surface area contributed by atoms with Crippen molar-refractivity contribution in [1.82, 2.24) is 9.88 Å². The normalized spacial score (nSPS) is 16.5. The van der Waals surface area contributed by atoms with Gasteiger partial charge in [-0.1, -0.05) is 13.8 Å². The summed E-state index contributed by atoms with van der Waals surface area (Å²) in [5, 5.41) is 0. The van der Waals surface area contributed by atoms with Crippen LogP contribution in [-0.4, -0.2) is 44.6 Å². The number of amides is 1. The second-order valence-corrected chi connectivity index (χ2v) is 6.80. The Morgan fingerprint density at radius 3 is 2.60 bits per heavy atom. The summed E-state index contributed by atoms with van der Waals surface area (Å²) in [4.78, 5) is 18.6. The number of aromatic nitrogens is 1. The number of rotatable bonds is 3. The lowest BCUT2D eigenvalue weighted by Crippen LogP contribution is -2.41. The van der Waals surface area contributed by atoms with Crippen LogP contribution in [0.5, 0.6) is 0 Å². The third-order valence-electron chi connectivity index (χ3n) is 3.30. The van der Waals surface area contributed by atoms with Crippen LogP contribution < -0.4 is 11.3 Å². The molecule has 1 fully saturated rings. The zero-order valence-electron chi connectivity index (χ0n) is 11.8. The predicted molar refractivity (Wildman–Crippen MR) is 79.9 cm³/mol. The molecule has 1 aliphatic rings. The van der Waals surface area contributed by atoms with Crippen molar-refractivity contribution in [3.63, 3.8) is 0 Å². The van der Waals surface area contributed by atoms with E-state index in [0.29, 0.717) is 36.0 Å². The SMILES string of the molecule is CC(C)c1cc(C(=O)N2CCS(=O)CC2)cc(NN)n1. The maximum atomic E-state index is 12.5. The smallest absolute Gasteiger partial charge is 0.254 e. The maximum Gasteiger partial charge on any atom is 0.254 e. The Morgan fingerprint density at radius 1 is 1.40 bits per heavy atom. The number of hydrogen-bond acceptors (Lipinski definition) is 5. The molecular formula is C13H20N4O2S. The summed E-state index contributed by atoms with van der Waals surface area (Å²) in [6.45, 7) is 5.11. The molecule has 1 aromatic rings. The molecule has 0 aliphatic carbocycles. The molecular weight excluding hydrogens is 276 g/mol. The van der Waals surface area contributed by atoms with Crippen LogP contribution in [0.3, 0.4) is 0 Å². The van der Waals surface area contributed by atoms with Crippen LogP contribution in [-0.2, 0) is 10.8 Å². The lowest BCUT2D eigenvalue weighted by molar-refractivity contribution is 0.0771. The second-order valence-electron chi connectivity index (χ2n) is 5.11. The van der Waals surface area contributed by atoms with Crippen LogP contribution in [0.4, 0.5) is 5.82 Å². The summed E-state index contributed by atoms with van der Waals surface area (Å²) in [7, 11) is -0.790. The largest absolute Gasteiger partial charge is 0.337 e. The molecule has 2 rings (SSSR count). The van der Waals surface area contributed by atoms with Crippen LogP contribution >= 0.6 is 0 Å². The van der Waals surface area contributed by atoms with Gasteiger partial charge in [0.15, 0.2) is 0 Å². The van der Waals surface area contributed by atoms with Gasteiger partial charge in [0.1, 0.15) is 5.82 Å². The number of carbonyl (C=O) groups is 1. The van der Waals surface area contributed by atoms with Gasteiger partial charge in [-0.05, 0) is 18.1 Å². The number of nitrogens with two attached hydrogens (primary N) is 1. The van der Waals surface area contributed by atoms with Gasteiger partial charge in [-0.15, -0.1) is 0 Å². The first-order valence-electron chi connectivity index (χ1n) is 6.64. The van der Waals surface area contributed by atoms with Crippen molar-refractivity contribution in [2.75, 3.05) is 30.0 Å². The van der Waals surface area contributed by atoms with E-state index < -0.39 is 10.8 Å². The predicted octanol–water partition coefficient (Wildman–Crippen LogP) is 0.695. The molecule has 110 valence electrons. The van der Waals surface area contributed by atoms with Gasteiger partial charge in [0, 0.05) is 46.7 Å². The van der Waals surface area contributed by atoms with Crippen LogP contribution in [0.2, 0.25) is 0 Å². The fourth-order valence-electron chi connectivity index (χ4n) is 2.07. The van der Waals surface area contributed by atoms with E-state index in [1.165, 1.54) is 0 Å². The summed E-state index contributed by atoms with van der Waals surface area (Å²) >= 11 is 0. The molecule has 3 N–H and O–H groups in total. The molecule has 0 bridgehead atoms. The number of anilines is 1. The van der Waals surface area contributed by atoms with Crippen molar-refractivity contribution in [3.05, 3.63) is 23.4 Å². The number of carbonyl (C=O) groups excluding carboxylic acids is 1. The molecule has 0 aromatic carbocycles. The van der Waals surface area contributed by atoms with Crippen molar-refractivity contribution in [2.24, 2.45) is 5.84 Å². The average Bonchev–Trinajstić information content (AvgIpc) is 2.46. The Hall–Kier alpha value is -1.47. The van der Waals surface area contributed by atoms with Gasteiger partial charge in [0.05, 0.1) is 0 Å². The lowest BCUT2D eigenvalue weighted by Gasteiger charge is -2.26. The van der Waals surface area contributed by atoms with E-state index in [-0.39, 0.29) is 11.8 Å². The van der Waals surface area contributed by atoms with E-state index in [1.54, 1.807) is 17.0 Å². The topological polar surface area (TPSA) is 88.3 Å². The Bertz CT molecular complexity index is 523. The number of hydrogen-bond donors (Lipinski definition) is 2. The van der Waals surface area contributed by atoms with Gasteiger partial charge in [0.25, 0.3) is 5.91 Å². The van der Waals surface area contributed by atoms with Crippen molar-refractivity contribution in [1.29, 1.82) is 0 Å². The third kappa shape index (κ3) is 3.34. The zero-order valence-corrected chi connectivity index (χ0v) is 12.6. The number of nitrogen functional groups attached to an aromatic ring is 1. The summed E-state index contributed by atoms with van der Waals surface area (Å²) in [5.74, 6) is 7.15. The van der Waals surface area contributed by atoms with Gasteiger partial charge >= 0.3 is 0 Å². The minimum absolute atomic E-state index is 0.0532. The van der Waals surface area contributed by atoms with Gasteiger partial charge < -0.3 is 10.3 Å². The van der Waals surface area contributed by atoms with Crippen molar-refractivity contribution in [3.8, 4) is 0 Å². The van der Waals surface area contributed by atoms with Crippen molar-refractivity contribution >= 4 is 22.5 Å². The maximum absolute atomic E-state index is 12.5. The van der Waals surface area contributed by atoms with E-state index in [2.05, 4.69) is 10.4 Å². The minimum Gasteiger partial charge on any atom is -0.337 e. The highest BCUT2D eigenvalue weighted by Gasteiger charge is 2.22. The number of nitrogens with zero attached hydrogens (tertiary/aromatic N) is 2. The Labute approximate surface area is 121 Å². The first kappa shape index (κ1) is 14.9. The van der Waals surface area contributed by atoms with E-state index in [0.717, 1.165) is 5.69 Å². The lowest BCUT2D eigenvalue weighted by atomic mass is 10.1. The van der Waals surface area contributed by atoms with E-state index in [4.69, 9.17) is 5.84 Å². The molecule has 2 heterocycles. The Kier molecular flexibility index (Phi) is 4.72. The summed E-state index contributed by atoms with van der Waals surface area (Å²) in [6, 6.07) is 3.46.